The number of rotatable bonds is 5. The third-order valence-electron chi connectivity index (χ3n) is 2.75. The van der Waals surface area contributed by atoms with E-state index in [1.165, 1.54) is 0 Å². The lowest BCUT2D eigenvalue weighted by atomic mass is 10.1. The van der Waals surface area contributed by atoms with Crippen molar-refractivity contribution in [2.24, 2.45) is 0 Å². The Morgan fingerprint density at radius 3 is 2.58 bits per heavy atom. The van der Waals surface area contributed by atoms with Gasteiger partial charge < -0.3 is 9.84 Å². The molecule has 0 saturated carbocycles. The van der Waals surface area contributed by atoms with Crippen LogP contribution in [0.1, 0.15) is 36.5 Å². The van der Waals surface area contributed by atoms with Gasteiger partial charge in [-0.25, -0.2) is 9.97 Å². The van der Waals surface area contributed by atoms with Gasteiger partial charge in [0.05, 0.1) is 12.3 Å². The van der Waals surface area contributed by atoms with Gasteiger partial charge in [-0.05, 0) is 37.1 Å². The monoisotopic (exact) mass is 258 g/mol. The van der Waals surface area contributed by atoms with Crippen LogP contribution in [0.4, 0.5) is 0 Å². The van der Waals surface area contributed by atoms with Crippen LogP contribution in [0.3, 0.4) is 0 Å². The third kappa shape index (κ3) is 3.51. The Hall–Kier alpha value is -1.94. The number of aryl methyl sites for hydroxylation is 1. The van der Waals surface area contributed by atoms with Gasteiger partial charge in [0, 0.05) is 6.20 Å². The van der Waals surface area contributed by atoms with Crippen molar-refractivity contribution in [3.63, 3.8) is 0 Å². The summed E-state index contributed by atoms with van der Waals surface area (Å²) in [6.45, 7) is 4.57. The SMILES string of the molecule is CCCOc1ccc(C(O)c2ccnc(C)n2)cc1. The standard InChI is InChI=1S/C15H18N2O2/c1-3-10-19-13-6-4-12(5-7-13)15(18)14-8-9-16-11(2)17-14/h4-9,15,18H,3,10H2,1-2H3. The van der Waals surface area contributed by atoms with Crippen LogP contribution in [0.2, 0.25) is 0 Å². The largest absolute Gasteiger partial charge is 0.494 e. The zero-order chi connectivity index (χ0) is 13.7. The minimum absolute atomic E-state index is 0.606. The summed E-state index contributed by atoms with van der Waals surface area (Å²) in [5.41, 5.74) is 1.40. The van der Waals surface area contributed by atoms with Gasteiger partial charge in [-0.1, -0.05) is 19.1 Å². The molecule has 1 N–H and O–H groups in total. The number of aliphatic hydroxyl groups excluding tert-OH is 1. The summed E-state index contributed by atoms with van der Waals surface area (Å²) in [7, 11) is 0. The van der Waals surface area contributed by atoms with Gasteiger partial charge in [-0.3, -0.25) is 0 Å². The molecule has 1 heterocycles. The quantitative estimate of drug-likeness (QED) is 0.895. The molecule has 0 bridgehead atoms. The van der Waals surface area contributed by atoms with Crippen LogP contribution in [0.5, 0.6) is 5.75 Å². The van der Waals surface area contributed by atoms with E-state index in [1.807, 2.05) is 24.3 Å². The van der Waals surface area contributed by atoms with Crippen LogP contribution in [0.25, 0.3) is 0 Å². The lowest BCUT2D eigenvalue weighted by Gasteiger charge is -2.11. The first-order valence-corrected chi connectivity index (χ1v) is 6.41. The van der Waals surface area contributed by atoms with E-state index in [4.69, 9.17) is 4.74 Å². The Morgan fingerprint density at radius 2 is 1.95 bits per heavy atom. The molecular weight excluding hydrogens is 240 g/mol. The predicted octanol–water partition coefficient (Wildman–Crippen LogP) is 2.66. The van der Waals surface area contributed by atoms with Crippen molar-refractivity contribution < 1.29 is 9.84 Å². The minimum Gasteiger partial charge on any atom is -0.494 e. The fraction of sp³-hybridized carbons (Fsp3) is 0.333. The van der Waals surface area contributed by atoms with Gasteiger partial charge in [0.15, 0.2) is 0 Å². The average Bonchev–Trinajstić information content (AvgIpc) is 2.45. The van der Waals surface area contributed by atoms with Crippen molar-refractivity contribution >= 4 is 0 Å². The first-order valence-electron chi connectivity index (χ1n) is 6.41. The molecule has 0 amide bonds. The Morgan fingerprint density at radius 1 is 1.21 bits per heavy atom. The Labute approximate surface area is 113 Å². The van der Waals surface area contributed by atoms with E-state index >= 15 is 0 Å². The summed E-state index contributed by atoms with van der Waals surface area (Å²) < 4.78 is 5.51. The molecule has 0 saturated heterocycles. The molecule has 4 nitrogen and oxygen atoms in total. The van der Waals surface area contributed by atoms with Gasteiger partial charge in [-0.15, -0.1) is 0 Å². The van der Waals surface area contributed by atoms with Crippen molar-refractivity contribution in [1.82, 2.24) is 9.97 Å². The number of hydrogen-bond acceptors (Lipinski definition) is 4. The van der Waals surface area contributed by atoms with E-state index in [2.05, 4.69) is 16.9 Å². The summed E-state index contributed by atoms with van der Waals surface area (Å²) in [6.07, 6.45) is 1.89. The molecule has 2 rings (SSSR count). The molecule has 100 valence electrons. The van der Waals surface area contributed by atoms with E-state index < -0.39 is 6.10 Å². The Balaban J connectivity index is 2.13. The molecule has 19 heavy (non-hydrogen) atoms. The van der Waals surface area contributed by atoms with Gasteiger partial charge in [-0.2, -0.15) is 0 Å². The molecule has 0 spiro atoms. The maximum Gasteiger partial charge on any atom is 0.125 e. The fourth-order valence-electron chi connectivity index (χ4n) is 1.76. The van der Waals surface area contributed by atoms with Crippen LogP contribution in [0, 0.1) is 6.92 Å². The molecule has 2 aromatic rings. The molecule has 0 aliphatic heterocycles. The van der Waals surface area contributed by atoms with E-state index in [0.29, 0.717) is 18.1 Å². The highest BCUT2D eigenvalue weighted by Gasteiger charge is 2.12. The van der Waals surface area contributed by atoms with Crippen molar-refractivity contribution in [3.8, 4) is 5.75 Å². The van der Waals surface area contributed by atoms with E-state index in [0.717, 1.165) is 17.7 Å². The Kier molecular flexibility index (Phi) is 4.47. The smallest absolute Gasteiger partial charge is 0.125 e. The summed E-state index contributed by atoms with van der Waals surface area (Å²) in [6, 6.07) is 9.16. The topological polar surface area (TPSA) is 55.2 Å². The molecule has 0 aliphatic rings. The second-order valence-electron chi connectivity index (χ2n) is 4.35. The minimum atomic E-state index is -0.734. The molecule has 0 radical (unpaired) electrons. The van der Waals surface area contributed by atoms with Crippen LogP contribution >= 0.6 is 0 Å². The van der Waals surface area contributed by atoms with Crippen LogP contribution in [0.15, 0.2) is 36.5 Å². The molecule has 1 aromatic carbocycles. The number of benzene rings is 1. The maximum absolute atomic E-state index is 10.3. The summed E-state index contributed by atoms with van der Waals surface area (Å²) in [5.74, 6) is 1.47. The summed E-state index contributed by atoms with van der Waals surface area (Å²) in [4.78, 5) is 8.25. The van der Waals surface area contributed by atoms with E-state index in [1.54, 1.807) is 19.2 Å². The normalized spacial score (nSPS) is 12.2. The highest BCUT2D eigenvalue weighted by atomic mass is 16.5. The zero-order valence-corrected chi connectivity index (χ0v) is 11.2. The molecule has 1 aromatic heterocycles. The molecule has 1 unspecified atom stereocenters. The number of nitrogens with zero attached hydrogens (tertiary/aromatic N) is 2. The Bertz CT molecular complexity index is 526. The lowest BCUT2D eigenvalue weighted by Crippen LogP contribution is -2.04. The number of hydrogen-bond donors (Lipinski definition) is 1. The van der Waals surface area contributed by atoms with Crippen LogP contribution in [-0.4, -0.2) is 21.7 Å². The first kappa shape index (κ1) is 13.5. The van der Waals surface area contributed by atoms with Crippen LogP contribution < -0.4 is 4.74 Å². The molecule has 4 heteroatoms. The second-order valence-corrected chi connectivity index (χ2v) is 4.35. The number of ether oxygens (including phenoxy) is 1. The molecule has 0 aliphatic carbocycles. The van der Waals surface area contributed by atoms with Gasteiger partial charge >= 0.3 is 0 Å². The predicted molar refractivity (Wildman–Crippen MR) is 73.1 cm³/mol. The number of aromatic nitrogens is 2. The van der Waals surface area contributed by atoms with Crippen molar-refractivity contribution in [3.05, 3.63) is 53.6 Å². The highest BCUT2D eigenvalue weighted by molar-refractivity contribution is 5.31. The van der Waals surface area contributed by atoms with Gasteiger partial charge in [0.2, 0.25) is 0 Å². The average molecular weight is 258 g/mol. The number of aliphatic hydroxyl groups is 1. The van der Waals surface area contributed by atoms with Crippen molar-refractivity contribution in [1.29, 1.82) is 0 Å². The fourth-order valence-corrected chi connectivity index (χ4v) is 1.76. The van der Waals surface area contributed by atoms with E-state index in [-0.39, 0.29) is 0 Å². The van der Waals surface area contributed by atoms with Crippen molar-refractivity contribution in [2.75, 3.05) is 6.61 Å². The first-order chi connectivity index (χ1) is 9.20. The molecule has 0 fully saturated rings. The van der Waals surface area contributed by atoms with Crippen molar-refractivity contribution in [2.45, 2.75) is 26.4 Å². The summed E-state index contributed by atoms with van der Waals surface area (Å²) in [5, 5.41) is 10.3. The molecular formula is C15H18N2O2. The van der Waals surface area contributed by atoms with E-state index in [9.17, 15) is 5.11 Å². The van der Waals surface area contributed by atoms with Crippen LogP contribution in [-0.2, 0) is 0 Å². The highest BCUT2D eigenvalue weighted by Crippen LogP contribution is 2.22. The third-order valence-corrected chi connectivity index (χ3v) is 2.75. The molecule has 1 atom stereocenters. The lowest BCUT2D eigenvalue weighted by molar-refractivity contribution is 0.214. The maximum atomic E-state index is 10.3. The van der Waals surface area contributed by atoms with Gasteiger partial charge in [0.1, 0.15) is 17.7 Å². The summed E-state index contributed by atoms with van der Waals surface area (Å²) >= 11 is 0. The second kappa shape index (κ2) is 6.29. The van der Waals surface area contributed by atoms with Gasteiger partial charge in [0.25, 0.3) is 0 Å². The zero-order valence-electron chi connectivity index (χ0n) is 11.2.